The number of hydrogen-bond donors (Lipinski definition) is 1. The fourth-order valence-electron chi connectivity index (χ4n) is 2.68. The molecule has 3 rings (SSSR count). The molecule has 0 aliphatic rings. The van der Waals surface area contributed by atoms with E-state index >= 15 is 0 Å². The number of amides is 1. The zero-order chi connectivity index (χ0) is 22.6. The molecule has 0 saturated heterocycles. The van der Waals surface area contributed by atoms with Gasteiger partial charge in [0.25, 0.3) is 0 Å². The Morgan fingerprint density at radius 1 is 1.13 bits per heavy atom. The molecular formula is C19H19F2N5O3S2. The molecule has 164 valence electrons. The van der Waals surface area contributed by atoms with Crippen LogP contribution in [0.1, 0.15) is 5.82 Å². The molecule has 0 bridgehead atoms. The number of nitrogens with zero attached hydrogens (tertiary/aromatic N) is 4. The number of thioether (sulfide) groups is 1. The minimum Gasteiger partial charge on any atom is -0.325 e. The summed E-state index contributed by atoms with van der Waals surface area (Å²) in [5.41, 5.74) is 0.498. The van der Waals surface area contributed by atoms with E-state index in [1.54, 1.807) is 41.9 Å². The van der Waals surface area contributed by atoms with Gasteiger partial charge in [0.1, 0.15) is 11.6 Å². The summed E-state index contributed by atoms with van der Waals surface area (Å²) in [4.78, 5) is 12.1. The van der Waals surface area contributed by atoms with E-state index < -0.39 is 27.6 Å². The maximum Gasteiger partial charge on any atom is 0.234 e. The molecule has 0 aliphatic heterocycles. The number of halogens is 2. The third kappa shape index (κ3) is 6.01. The normalized spacial score (nSPS) is 11.4. The number of carbonyl (C=O) groups excluding carboxylic acids is 1. The maximum absolute atomic E-state index is 13.2. The number of aromatic nitrogens is 3. The number of carbonyl (C=O) groups is 1. The second-order valence-electron chi connectivity index (χ2n) is 6.56. The van der Waals surface area contributed by atoms with Crippen molar-refractivity contribution in [1.29, 1.82) is 0 Å². The average Bonchev–Trinajstić information content (AvgIpc) is 3.03. The Morgan fingerprint density at radius 3 is 2.39 bits per heavy atom. The molecule has 0 radical (unpaired) electrons. The molecule has 8 nitrogen and oxygen atoms in total. The van der Waals surface area contributed by atoms with Gasteiger partial charge in [-0.1, -0.05) is 30.0 Å². The second kappa shape index (κ2) is 9.43. The first kappa shape index (κ1) is 22.7. The van der Waals surface area contributed by atoms with Crippen LogP contribution in [0.2, 0.25) is 0 Å². The van der Waals surface area contributed by atoms with E-state index in [-0.39, 0.29) is 18.0 Å². The van der Waals surface area contributed by atoms with Gasteiger partial charge in [-0.3, -0.25) is 9.10 Å². The van der Waals surface area contributed by atoms with Crippen LogP contribution in [0.25, 0.3) is 0 Å². The number of rotatable bonds is 8. The highest BCUT2D eigenvalue weighted by Crippen LogP contribution is 2.22. The van der Waals surface area contributed by atoms with Crippen molar-refractivity contribution in [3.63, 3.8) is 0 Å². The number of hydrogen-bond acceptors (Lipinski definition) is 6. The topological polar surface area (TPSA) is 97.2 Å². The van der Waals surface area contributed by atoms with Gasteiger partial charge in [0.05, 0.1) is 24.2 Å². The third-order valence-electron chi connectivity index (χ3n) is 4.13. The van der Waals surface area contributed by atoms with Crippen LogP contribution in [0.15, 0.2) is 53.7 Å². The van der Waals surface area contributed by atoms with Gasteiger partial charge in [0.15, 0.2) is 11.0 Å². The van der Waals surface area contributed by atoms with Gasteiger partial charge in [-0.15, -0.1) is 10.2 Å². The first-order valence-electron chi connectivity index (χ1n) is 8.93. The Hall–Kier alpha value is -2.99. The highest BCUT2D eigenvalue weighted by molar-refractivity contribution is 7.99. The van der Waals surface area contributed by atoms with Crippen molar-refractivity contribution < 1.29 is 22.0 Å². The molecule has 12 heteroatoms. The van der Waals surface area contributed by atoms with Gasteiger partial charge >= 0.3 is 0 Å². The van der Waals surface area contributed by atoms with E-state index in [1.807, 2.05) is 0 Å². The summed E-state index contributed by atoms with van der Waals surface area (Å²) in [7, 11) is -1.92. The van der Waals surface area contributed by atoms with Crippen LogP contribution in [0, 0.1) is 11.6 Å². The molecule has 31 heavy (non-hydrogen) atoms. The Morgan fingerprint density at radius 2 is 1.77 bits per heavy atom. The van der Waals surface area contributed by atoms with Crippen LogP contribution < -0.4 is 9.62 Å². The van der Waals surface area contributed by atoms with Gasteiger partial charge in [-0.05, 0) is 24.3 Å². The molecule has 0 fully saturated rings. The first-order valence-corrected chi connectivity index (χ1v) is 11.8. The minimum absolute atomic E-state index is 0.00779. The van der Waals surface area contributed by atoms with E-state index in [0.717, 1.165) is 30.2 Å². The second-order valence-corrected chi connectivity index (χ2v) is 9.41. The minimum atomic E-state index is -3.57. The lowest BCUT2D eigenvalue weighted by Crippen LogP contribution is -2.30. The SMILES string of the molecule is Cn1c(CN(c2ccccc2)S(C)(=O)=O)nnc1SCC(=O)Nc1cc(F)cc(F)c1. The van der Waals surface area contributed by atoms with Crippen LogP contribution in [0.3, 0.4) is 0 Å². The summed E-state index contributed by atoms with van der Waals surface area (Å²) in [5, 5.41) is 10.8. The van der Waals surface area contributed by atoms with Gasteiger partial charge in [-0.2, -0.15) is 0 Å². The predicted octanol–water partition coefficient (Wildman–Crippen LogP) is 2.79. The molecule has 1 amide bonds. The van der Waals surface area contributed by atoms with Crippen molar-refractivity contribution in [2.24, 2.45) is 7.05 Å². The number of benzene rings is 2. The Balaban J connectivity index is 1.67. The van der Waals surface area contributed by atoms with Crippen molar-refractivity contribution in [1.82, 2.24) is 14.8 Å². The number of para-hydroxylation sites is 1. The molecule has 0 unspecified atom stereocenters. The number of anilines is 2. The number of nitrogens with one attached hydrogen (secondary N) is 1. The molecular weight excluding hydrogens is 448 g/mol. The summed E-state index contributed by atoms with van der Waals surface area (Å²) in [5.74, 6) is -1.78. The highest BCUT2D eigenvalue weighted by Gasteiger charge is 2.21. The van der Waals surface area contributed by atoms with Gasteiger partial charge in [0, 0.05) is 18.8 Å². The van der Waals surface area contributed by atoms with Crippen LogP contribution in [-0.2, 0) is 28.4 Å². The van der Waals surface area contributed by atoms with E-state index in [9.17, 15) is 22.0 Å². The lowest BCUT2D eigenvalue weighted by atomic mass is 10.3. The molecule has 1 heterocycles. The average molecular weight is 468 g/mol. The number of sulfonamides is 1. The standard InChI is InChI=1S/C19H19F2N5O3S2/c1-25-17(11-26(31(2,28)29)16-6-4-3-5-7-16)23-24-19(25)30-12-18(27)22-15-9-13(20)8-14(21)10-15/h3-10H,11-12H2,1-2H3,(H,22,27). The van der Waals surface area contributed by atoms with Crippen LogP contribution in [-0.4, -0.2) is 41.1 Å². The summed E-state index contributed by atoms with van der Waals surface area (Å²) in [6, 6.07) is 11.3. The molecule has 0 aliphatic carbocycles. The smallest absolute Gasteiger partial charge is 0.234 e. The van der Waals surface area contributed by atoms with Crippen molar-refractivity contribution >= 4 is 39.1 Å². The van der Waals surface area contributed by atoms with E-state index in [0.29, 0.717) is 22.7 Å². The van der Waals surface area contributed by atoms with Crippen LogP contribution >= 0.6 is 11.8 Å². The van der Waals surface area contributed by atoms with Gasteiger partial charge in [0.2, 0.25) is 15.9 Å². The van der Waals surface area contributed by atoms with Crippen molar-refractivity contribution in [3.05, 3.63) is 66.0 Å². The third-order valence-corrected chi connectivity index (χ3v) is 6.29. The van der Waals surface area contributed by atoms with Gasteiger partial charge in [-0.25, -0.2) is 17.2 Å². The quantitative estimate of drug-likeness (QED) is 0.512. The highest BCUT2D eigenvalue weighted by atomic mass is 32.2. The first-order chi connectivity index (χ1) is 14.6. The monoisotopic (exact) mass is 467 g/mol. The largest absolute Gasteiger partial charge is 0.325 e. The molecule has 0 saturated carbocycles. The van der Waals surface area contributed by atoms with Crippen LogP contribution in [0.4, 0.5) is 20.2 Å². The zero-order valence-electron chi connectivity index (χ0n) is 16.6. The van der Waals surface area contributed by atoms with Gasteiger partial charge < -0.3 is 9.88 Å². The molecule has 1 N–H and O–H groups in total. The summed E-state index contributed by atoms with van der Waals surface area (Å²) < 4.78 is 53.7. The van der Waals surface area contributed by atoms with Crippen molar-refractivity contribution in [2.45, 2.75) is 11.7 Å². The fourth-order valence-corrected chi connectivity index (χ4v) is 4.27. The van der Waals surface area contributed by atoms with Crippen molar-refractivity contribution in [3.8, 4) is 0 Å². The van der Waals surface area contributed by atoms with E-state index in [2.05, 4.69) is 15.5 Å². The summed E-state index contributed by atoms with van der Waals surface area (Å²) in [6.45, 7) is -0.0400. The lowest BCUT2D eigenvalue weighted by molar-refractivity contribution is -0.113. The Kier molecular flexibility index (Phi) is 6.91. The summed E-state index contributed by atoms with van der Waals surface area (Å²) in [6.07, 6.45) is 1.10. The van der Waals surface area contributed by atoms with E-state index in [1.165, 1.54) is 4.31 Å². The van der Waals surface area contributed by atoms with E-state index in [4.69, 9.17) is 0 Å². The molecule has 1 aromatic heterocycles. The molecule has 3 aromatic rings. The zero-order valence-corrected chi connectivity index (χ0v) is 18.3. The Bertz CT molecular complexity index is 1170. The molecule has 0 atom stereocenters. The summed E-state index contributed by atoms with van der Waals surface area (Å²) >= 11 is 1.06. The molecule has 0 spiro atoms. The Labute approximate surface area is 182 Å². The predicted molar refractivity (Wildman–Crippen MR) is 114 cm³/mol. The lowest BCUT2D eigenvalue weighted by Gasteiger charge is -2.21. The van der Waals surface area contributed by atoms with Crippen LogP contribution in [0.5, 0.6) is 0 Å². The van der Waals surface area contributed by atoms with Crippen molar-refractivity contribution in [2.75, 3.05) is 21.6 Å². The fraction of sp³-hybridized carbons (Fsp3) is 0.211. The molecule has 2 aromatic carbocycles. The maximum atomic E-state index is 13.2.